The lowest BCUT2D eigenvalue weighted by molar-refractivity contribution is -0.119. The molecule has 1 N–H and O–H groups in total. The summed E-state index contributed by atoms with van der Waals surface area (Å²) >= 11 is 0. The van der Waals surface area contributed by atoms with E-state index in [1.807, 2.05) is 20.8 Å². The molecule has 1 aliphatic carbocycles. The molecule has 0 aromatic heterocycles. The van der Waals surface area contributed by atoms with Crippen molar-refractivity contribution in [1.29, 1.82) is 0 Å². The number of hydrogen-bond acceptors (Lipinski definition) is 3. The minimum Gasteiger partial charge on any atom is -0.444 e. The third kappa shape index (κ3) is 4.17. The maximum absolute atomic E-state index is 11.9. The first-order valence-electron chi connectivity index (χ1n) is 6.40. The van der Waals surface area contributed by atoms with E-state index in [0.717, 1.165) is 19.3 Å². The van der Waals surface area contributed by atoms with Gasteiger partial charge in [-0.15, -0.1) is 0 Å². The fourth-order valence-electron chi connectivity index (χ4n) is 2.22. The van der Waals surface area contributed by atoms with Crippen LogP contribution in [0.3, 0.4) is 0 Å². The normalized spacial score (nSPS) is 23.6. The summed E-state index contributed by atoms with van der Waals surface area (Å²) in [6, 6.07) is -0.121. The summed E-state index contributed by atoms with van der Waals surface area (Å²) in [5, 5.41) is 2.80. The van der Waals surface area contributed by atoms with Gasteiger partial charge >= 0.3 is 6.09 Å². The van der Waals surface area contributed by atoms with Gasteiger partial charge in [-0.3, -0.25) is 4.79 Å². The molecule has 0 heterocycles. The summed E-state index contributed by atoms with van der Waals surface area (Å²) in [6.45, 7) is 10.8. The molecule has 0 unspecified atom stereocenters. The molecule has 0 aliphatic heterocycles. The molecule has 0 bridgehead atoms. The molecule has 2 atom stereocenters. The predicted octanol–water partition coefficient (Wildman–Crippen LogP) is 2.83. The molecule has 0 aromatic rings. The lowest BCUT2D eigenvalue weighted by atomic mass is 9.94. The lowest BCUT2D eigenvalue weighted by Crippen LogP contribution is -2.43. The highest BCUT2D eigenvalue weighted by Gasteiger charge is 2.34. The van der Waals surface area contributed by atoms with Crippen molar-refractivity contribution in [2.24, 2.45) is 5.92 Å². The van der Waals surface area contributed by atoms with Crippen LogP contribution in [0, 0.1) is 5.92 Å². The van der Waals surface area contributed by atoms with Gasteiger partial charge in [-0.1, -0.05) is 13.0 Å². The largest absolute Gasteiger partial charge is 0.444 e. The first-order valence-corrected chi connectivity index (χ1v) is 6.40. The van der Waals surface area contributed by atoms with E-state index in [0.29, 0.717) is 5.57 Å². The standard InChI is InChI=1S/C14H23NO3/c1-9(2)12(16)10-7-6-8-11(10)15-13(17)18-14(3,4)5/h10-11H,1,6-8H2,2-5H3,(H,15,17)/t10-,11+/m1/s1. The average molecular weight is 253 g/mol. The van der Waals surface area contributed by atoms with Crippen LogP contribution in [0.5, 0.6) is 0 Å². The average Bonchev–Trinajstić information content (AvgIpc) is 2.61. The molecule has 4 heteroatoms. The van der Waals surface area contributed by atoms with Crippen molar-refractivity contribution in [2.75, 3.05) is 0 Å². The highest BCUT2D eigenvalue weighted by Crippen LogP contribution is 2.28. The van der Waals surface area contributed by atoms with Crippen LogP contribution in [0.2, 0.25) is 0 Å². The monoisotopic (exact) mass is 253 g/mol. The Morgan fingerprint density at radius 3 is 2.39 bits per heavy atom. The summed E-state index contributed by atoms with van der Waals surface area (Å²) in [6.07, 6.45) is 2.13. The summed E-state index contributed by atoms with van der Waals surface area (Å²) in [7, 11) is 0. The number of carbonyl (C=O) groups is 2. The third-order valence-electron chi connectivity index (χ3n) is 2.98. The molecule has 1 rings (SSSR count). The number of carbonyl (C=O) groups excluding carboxylic acids is 2. The molecule has 0 spiro atoms. The molecule has 1 aliphatic rings. The van der Waals surface area contributed by atoms with Crippen LogP contribution >= 0.6 is 0 Å². The highest BCUT2D eigenvalue weighted by molar-refractivity contribution is 5.96. The second kappa shape index (κ2) is 5.55. The van der Waals surface area contributed by atoms with Gasteiger partial charge in [0.15, 0.2) is 5.78 Å². The van der Waals surface area contributed by atoms with Crippen LogP contribution in [-0.2, 0) is 9.53 Å². The molecule has 18 heavy (non-hydrogen) atoms. The highest BCUT2D eigenvalue weighted by atomic mass is 16.6. The van der Waals surface area contributed by atoms with Crippen LogP contribution in [0.25, 0.3) is 0 Å². The Kier molecular flexibility index (Phi) is 4.54. The van der Waals surface area contributed by atoms with Gasteiger partial charge in [0.05, 0.1) is 0 Å². The van der Waals surface area contributed by atoms with Crippen molar-refractivity contribution < 1.29 is 14.3 Å². The van der Waals surface area contributed by atoms with Gasteiger partial charge in [-0.25, -0.2) is 4.79 Å². The first-order chi connectivity index (χ1) is 8.20. The van der Waals surface area contributed by atoms with Gasteiger partial charge in [0, 0.05) is 12.0 Å². The zero-order valence-electron chi connectivity index (χ0n) is 11.7. The molecular weight excluding hydrogens is 230 g/mol. The van der Waals surface area contributed by atoms with Crippen molar-refractivity contribution in [3.05, 3.63) is 12.2 Å². The Morgan fingerprint density at radius 1 is 1.28 bits per heavy atom. The minimum atomic E-state index is -0.517. The summed E-state index contributed by atoms with van der Waals surface area (Å²) in [5.74, 6) is -0.0939. The van der Waals surface area contributed by atoms with Gasteiger partial charge in [-0.2, -0.15) is 0 Å². The van der Waals surface area contributed by atoms with E-state index in [4.69, 9.17) is 4.74 Å². The molecule has 0 saturated heterocycles. The molecule has 1 fully saturated rings. The van der Waals surface area contributed by atoms with Crippen LogP contribution in [0.4, 0.5) is 4.79 Å². The Morgan fingerprint density at radius 2 is 1.89 bits per heavy atom. The number of nitrogens with one attached hydrogen (secondary N) is 1. The number of ether oxygens (including phenoxy) is 1. The van der Waals surface area contributed by atoms with Gasteiger partial charge < -0.3 is 10.1 Å². The van der Waals surface area contributed by atoms with Crippen LogP contribution in [-0.4, -0.2) is 23.5 Å². The summed E-state index contributed by atoms with van der Waals surface area (Å²) in [4.78, 5) is 23.6. The Bertz CT molecular complexity index is 355. The van der Waals surface area contributed by atoms with Gasteiger partial charge in [0.2, 0.25) is 0 Å². The Hall–Kier alpha value is -1.32. The van der Waals surface area contributed by atoms with Gasteiger partial charge in [0.25, 0.3) is 0 Å². The molecule has 102 valence electrons. The molecule has 1 saturated carbocycles. The quantitative estimate of drug-likeness (QED) is 0.787. The van der Waals surface area contributed by atoms with E-state index < -0.39 is 11.7 Å². The van der Waals surface area contributed by atoms with E-state index in [2.05, 4.69) is 11.9 Å². The SMILES string of the molecule is C=C(C)C(=O)[C@@H]1CCC[C@@H]1NC(=O)OC(C)(C)C. The lowest BCUT2D eigenvalue weighted by Gasteiger charge is -2.24. The van der Waals surface area contributed by atoms with Crippen LogP contribution in [0.15, 0.2) is 12.2 Å². The van der Waals surface area contributed by atoms with Gasteiger partial charge in [0.1, 0.15) is 5.60 Å². The van der Waals surface area contributed by atoms with E-state index in [-0.39, 0.29) is 17.7 Å². The van der Waals surface area contributed by atoms with Crippen LogP contribution in [0.1, 0.15) is 47.0 Å². The minimum absolute atomic E-state index is 0.0496. The molecule has 4 nitrogen and oxygen atoms in total. The number of rotatable bonds is 3. The molecule has 0 aromatic carbocycles. The van der Waals surface area contributed by atoms with Crippen molar-refractivity contribution in [3.8, 4) is 0 Å². The fourth-order valence-corrected chi connectivity index (χ4v) is 2.22. The molecule has 1 amide bonds. The number of alkyl carbamates (subject to hydrolysis) is 1. The number of Topliss-reactive ketones (excluding diaryl/α,β-unsaturated/α-hetero) is 1. The summed E-state index contributed by atoms with van der Waals surface area (Å²) in [5.41, 5.74) is 0.0363. The molecular formula is C14H23NO3. The van der Waals surface area contributed by atoms with E-state index >= 15 is 0 Å². The first kappa shape index (κ1) is 14.7. The predicted molar refractivity (Wildman–Crippen MR) is 70.3 cm³/mol. The maximum atomic E-state index is 11.9. The summed E-state index contributed by atoms with van der Waals surface area (Å²) < 4.78 is 5.20. The second-order valence-corrected chi connectivity index (χ2v) is 5.93. The van der Waals surface area contributed by atoms with E-state index in [9.17, 15) is 9.59 Å². The van der Waals surface area contributed by atoms with Crippen LogP contribution < -0.4 is 5.32 Å². The van der Waals surface area contributed by atoms with E-state index in [1.165, 1.54) is 0 Å². The Balaban J connectivity index is 2.58. The van der Waals surface area contributed by atoms with Gasteiger partial charge in [-0.05, 0) is 46.1 Å². The zero-order valence-corrected chi connectivity index (χ0v) is 11.7. The van der Waals surface area contributed by atoms with Crippen molar-refractivity contribution in [3.63, 3.8) is 0 Å². The fraction of sp³-hybridized carbons (Fsp3) is 0.714. The third-order valence-corrected chi connectivity index (χ3v) is 2.98. The van der Waals surface area contributed by atoms with Crippen molar-refractivity contribution in [2.45, 2.75) is 58.6 Å². The number of hydrogen-bond donors (Lipinski definition) is 1. The molecule has 0 radical (unpaired) electrons. The number of amides is 1. The number of ketones is 1. The topological polar surface area (TPSA) is 55.4 Å². The smallest absolute Gasteiger partial charge is 0.407 e. The zero-order chi connectivity index (χ0) is 13.9. The maximum Gasteiger partial charge on any atom is 0.407 e. The van der Waals surface area contributed by atoms with Crippen molar-refractivity contribution >= 4 is 11.9 Å². The van der Waals surface area contributed by atoms with E-state index in [1.54, 1.807) is 6.92 Å². The van der Waals surface area contributed by atoms with Crippen molar-refractivity contribution in [1.82, 2.24) is 5.32 Å². The Labute approximate surface area is 109 Å². The number of allylic oxidation sites excluding steroid dienone is 1. The second-order valence-electron chi connectivity index (χ2n) is 5.93.